The topological polar surface area (TPSA) is 37.4 Å². The Labute approximate surface area is 198 Å². The molecule has 0 N–H and O–H groups in total. The molecule has 0 aromatic heterocycles. The molecule has 2 fully saturated rings. The van der Waals surface area contributed by atoms with Crippen molar-refractivity contribution in [2.45, 2.75) is 64.7 Å². The second-order valence-corrected chi connectivity index (χ2v) is 11.1. The van der Waals surface area contributed by atoms with Gasteiger partial charge < -0.3 is 4.90 Å². The van der Waals surface area contributed by atoms with E-state index in [2.05, 4.69) is 56.1 Å². The molecule has 5 atom stereocenters. The Kier molecular flexibility index (Phi) is 5.20. The first-order valence-electron chi connectivity index (χ1n) is 12.4. The van der Waals surface area contributed by atoms with E-state index in [1.165, 1.54) is 22.4 Å². The van der Waals surface area contributed by atoms with Crippen molar-refractivity contribution in [3.8, 4) is 12.3 Å². The van der Waals surface area contributed by atoms with E-state index in [-0.39, 0.29) is 22.9 Å². The minimum absolute atomic E-state index is 0.160. The number of Topliss-reactive ketones (excluding diaryl/α,β-unsaturated/α-hetero) is 1. The van der Waals surface area contributed by atoms with Gasteiger partial charge in [-0.05, 0) is 97.6 Å². The number of nitrogens with zero attached hydrogens (tertiary/aromatic N) is 1. The molecule has 1 aromatic carbocycles. The van der Waals surface area contributed by atoms with Crippen LogP contribution in [0.15, 0.2) is 47.1 Å². The summed E-state index contributed by atoms with van der Waals surface area (Å²) in [5.74, 6) is 4.58. The van der Waals surface area contributed by atoms with E-state index in [0.29, 0.717) is 18.3 Å². The third kappa shape index (κ3) is 3.10. The SMILES string of the molecule is C#C[C@]1(C(C)=O)CC[C@H]2[C@@H]3CCC4=CC(=O)CCC4=C3[C@@H](c3ccc(N(C)C)cc3)C[C@@]21C. The van der Waals surface area contributed by atoms with Gasteiger partial charge in [-0.25, -0.2) is 0 Å². The van der Waals surface area contributed by atoms with Gasteiger partial charge in [0.15, 0.2) is 5.78 Å². The maximum Gasteiger partial charge on any atom is 0.156 e. The number of carbonyl (C=O) groups is 2. The molecule has 4 aliphatic rings. The molecule has 172 valence electrons. The van der Waals surface area contributed by atoms with Crippen molar-refractivity contribution in [2.75, 3.05) is 19.0 Å². The number of hydrogen-bond acceptors (Lipinski definition) is 3. The maximum absolute atomic E-state index is 13.0. The lowest BCUT2D eigenvalue weighted by Crippen LogP contribution is -2.50. The first kappa shape index (κ1) is 22.2. The molecule has 1 aromatic rings. The Morgan fingerprint density at radius 2 is 1.85 bits per heavy atom. The number of hydrogen-bond donors (Lipinski definition) is 0. The summed E-state index contributed by atoms with van der Waals surface area (Å²) >= 11 is 0. The first-order chi connectivity index (χ1) is 15.7. The third-order valence-electron chi connectivity index (χ3n) is 9.59. The summed E-state index contributed by atoms with van der Waals surface area (Å²) in [5.41, 5.74) is 5.87. The number of terminal acetylenes is 1. The fraction of sp³-hybridized carbons (Fsp3) is 0.533. The van der Waals surface area contributed by atoms with Crippen molar-refractivity contribution in [3.05, 3.63) is 52.6 Å². The van der Waals surface area contributed by atoms with Crippen LogP contribution in [0, 0.1) is 35.0 Å². The zero-order valence-corrected chi connectivity index (χ0v) is 20.4. The van der Waals surface area contributed by atoms with E-state index in [0.717, 1.165) is 38.5 Å². The molecular formula is C30H35NO2. The Morgan fingerprint density at radius 1 is 1.12 bits per heavy atom. The molecule has 4 aliphatic carbocycles. The number of rotatable bonds is 3. The van der Waals surface area contributed by atoms with Gasteiger partial charge in [0.1, 0.15) is 5.78 Å². The number of carbonyl (C=O) groups excluding carboxylic acids is 2. The molecule has 0 heterocycles. The minimum Gasteiger partial charge on any atom is -0.378 e. The molecule has 0 radical (unpaired) electrons. The van der Waals surface area contributed by atoms with Crippen molar-refractivity contribution >= 4 is 17.3 Å². The van der Waals surface area contributed by atoms with Gasteiger partial charge in [-0.15, -0.1) is 6.42 Å². The molecule has 0 spiro atoms. The zero-order valence-electron chi connectivity index (χ0n) is 20.4. The van der Waals surface area contributed by atoms with Crippen LogP contribution in [0.5, 0.6) is 0 Å². The van der Waals surface area contributed by atoms with Crippen molar-refractivity contribution in [2.24, 2.45) is 22.7 Å². The number of allylic oxidation sites excluding steroid dienone is 4. The zero-order chi connectivity index (χ0) is 23.5. The van der Waals surface area contributed by atoms with Gasteiger partial charge in [0.25, 0.3) is 0 Å². The Balaban J connectivity index is 1.69. The Morgan fingerprint density at radius 3 is 2.48 bits per heavy atom. The van der Waals surface area contributed by atoms with Crippen LogP contribution in [-0.4, -0.2) is 25.7 Å². The van der Waals surface area contributed by atoms with Crippen molar-refractivity contribution in [1.29, 1.82) is 0 Å². The van der Waals surface area contributed by atoms with Crippen molar-refractivity contribution in [3.63, 3.8) is 0 Å². The van der Waals surface area contributed by atoms with E-state index >= 15 is 0 Å². The van der Waals surface area contributed by atoms with E-state index in [1.807, 2.05) is 6.08 Å². The lowest BCUT2D eigenvalue weighted by molar-refractivity contribution is -0.130. The van der Waals surface area contributed by atoms with Crippen molar-refractivity contribution in [1.82, 2.24) is 0 Å². The molecule has 0 amide bonds. The van der Waals surface area contributed by atoms with Crippen LogP contribution in [0.25, 0.3) is 0 Å². The van der Waals surface area contributed by atoms with E-state index in [1.54, 1.807) is 12.5 Å². The second-order valence-electron chi connectivity index (χ2n) is 11.1. The molecule has 2 saturated carbocycles. The monoisotopic (exact) mass is 441 g/mol. The van der Waals surface area contributed by atoms with Crippen LogP contribution < -0.4 is 4.90 Å². The number of ketones is 2. The summed E-state index contributed by atoms with van der Waals surface area (Å²) < 4.78 is 0. The van der Waals surface area contributed by atoms with Gasteiger partial charge in [0, 0.05) is 32.1 Å². The molecule has 0 aliphatic heterocycles. The van der Waals surface area contributed by atoms with Gasteiger partial charge in [-0.3, -0.25) is 9.59 Å². The Bertz CT molecular complexity index is 1110. The van der Waals surface area contributed by atoms with Crippen LogP contribution in [0.1, 0.15) is 70.3 Å². The molecule has 33 heavy (non-hydrogen) atoms. The molecule has 0 saturated heterocycles. The highest BCUT2D eigenvalue weighted by molar-refractivity contribution is 5.93. The molecule has 0 unspecified atom stereocenters. The summed E-state index contributed by atoms with van der Waals surface area (Å²) in [6, 6.07) is 8.92. The number of benzene rings is 1. The average molecular weight is 442 g/mol. The van der Waals surface area contributed by atoms with Gasteiger partial charge in [0.2, 0.25) is 0 Å². The standard InChI is InChI=1S/C30H35NO2/c1-6-30(19(2)32)16-15-27-25-13-9-21-17-23(33)12-14-24(21)28(25)26(18-29(27,30)3)20-7-10-22(11-8-20)31(4)5/h1,7-8,10-11,17,25-27H,9,12-16,18H2,2-5H3/t25-,26+,27-,29-,30+/m0/s1. The molecule has 0 bridgehead atoms. The van der Waals surface area contributed by atoms with Crippen LogP contribution in [0.2, 0.25) is 0 Å². The predicted molar refractivity (Wildman–Crippen MR) is 133 cm³/mol. The van der Waals surface area contributed by atoms with Crippen LogP contribution in [0.3, 0.4) is 0 Å². The lowest BCUT2D eigenvalue weighted by atomic mass is 9.48. The highest BCUT2D eigenvalue weighted by Gasteiger charge is 2.64. The van der Waals surface area contributed by atoms with Crippen LogP contribution in [-0.2, 0) is 9.59 Å². The van der Waals surface area contributed by atoms with Gasteiger partial charge >= 0.3 is 0 Å². The Hall–Kier alpha value is -2.60. The fourth-order valence-electron chi connectivity index (χ4n) is 7.91. The highest BCUT2D eigenvalue weighted by atomic mass is 16.1. The smallest absolute Gasteiger partial charge is 0.156 e. The predicted octanol–water partition coefficient (Wildman–Crippen LogP) is 5.86. The number of anilines is 1. The fourth-order valence-corrected chi connectivity index (χ4v) is 7.91. The van der Waals surface area contributed by atoms with E-state index in [4.69, 9.17) is 6.42 Å². The van der Waals surface area contributed by atoms with E-state index < -0.39 is 5.41 Å². The summed E-state index contributed by atoms with van der Waals surface area (Å²) in [5, 5.41) is 0. The quantitative estimate of drug-likeness (QED) is 0.551. The van der Waals surface area contributed by atoms with Crippen molar-refractivity contribution < 1.29 is 9.59 Å². The van der Waals surface area contributed by atoms with Gasteiger partial charge in [-0.2, -0.15) is 0 Å². The summed E-state index contributed by atoms with van der Waals surface area (Å²) in [7, 11) is 4.12. The molecule has 5 rings (SSSR count). The second kappa shape index (κ2) is 7.73. The van der Waals surface area contributed by atoms with Crippen LogP contribution >= 0.6 is 0 Å². The summed E-state index contributed by atoms with van der Waals surface area (Å²) in [4.78, 5) is 27.4. The molecular weight excluding hydrogens is 406 g/mol. The van der Waals surface area contributed by atoms with Gasteiger partial charge in [-0.1, -0.05) is 30.6 Å². The summed E-state index contributed by atoms with van der Waals surface area (Å²) in [6.45, 7) is 4.02. The first-order valence-corrected chi connectivity index (χ1v) is 12.4. The summed E-state index contributed by atoms with van der Waals surface area (Å²) in [6.07, 6.45) is 14.3. The average Bonchev–Trinajstić information content (AvgIpc) is 3.11. The molecule has 3 heteroatoms. The largest absolute Gasteiger partial charge is 0.378 e. The van der Waals surface area contributed by atoms with Gasteiger partial charge in [0.05, 0.1) is 5.41 Å². The van der Waals surface area contributed by atoms with E-state index in [9.17, 15) is 9.59 Å². The third-order valence-corrected chi connectivity index (χ3v) is 9.59. The van der Waals surface area contributed by atoms with Crippen LogP contribution in [0.4, 0.5) is 5.69 Å². The molecule has 3 nitrogen and oxygen atoms in total. The lowest BCUT2D eigenvalue weighted by Gasteiger charge is -2.54. The number of fused-ring (bicyclic) bond motifs is 4. The normalized spacial score (nSPS) is 35.2. The highest BCUT2D eigenvalue weighted by Crippen LogP contribution is 2.69. The minimum atomic E-state index is -0.672. The maximum atomic E-state index is 13.0.